The molecule has 0 spiro atoms. The van der Waals surface area contributed by atoms with Crippen molar-refractivity contribution < 1.29 is 13.2 Å². The Morgan fingerprint density at radius 1 is 1.07 bits per heavy atom. The van der Waals surface area contributed by atoms with E-state index in [1.165, 1.54) is 17.4 Å². The number of thiazole rings is 1. The zero-order valence-electron chi connectivity index (χ0n) is 14.1. The van der Waals surface area contributed by atoms with Crippen molar-refractivity contribution in [3.05, 3.63) is 70.7 Å². The number of aromatic nitrogens is 1. The topological polar surface area (TPSA) is 101 Å². The Hall–Kier alpha value is -3.04. The maximum absolute atomic E-state index is 12.3. The van der Waals surface area contributed by atoms with Crippen LogP contribution in [0.5, 0.6) is 0 Å². The molecule has 136 valence electrons. The lowest BCUT2D eigenvalue weighted by molar-refractivity contribution is 0.102. The van der Waals surface area contributed by atoms with E-state index in [1.807, 2.05) is 12.3 Å². The SMILES string of the molecule is Cc1csc(NC(=O)c2ccc(NC3=NS(=O)(=O)c4ccccc43)cc2)n1. The van der Waals surface area contributed by atoms with Gasteiger partial charge in [0.2, 0.25) is 0 Å². The highest BCUT2D eigenvalue weighted by Crippen LogP contribution is 2.26. The second-order valence-electron chi connectivity index (χ2n) is 5.86. The zero-order chi connectivity index (χ0) is 19.0. The van der Waals surface area contributed by atoms with Crippen LogP contribution in [0.3, 0.4) is 0 Å². The van der Waals surface area contributed by atoms with Gasteiger partial charge in [-0.25, -0.2) is 4.98 Å². The summed E-state index contributed by atoms with van der Waals surface area (Å²) in [5.41, 5.74) is 2.47. The van der Waals surface area contributed by atoms with E-state index in [-0.39, 0.29) is 16.6 Å². The van der Waals surface area contributed by atoms with Crippen LogP contribution >= 0.6 is 11.3 Å². The summed E-state index contributed by atoms with van der Waals surface area (Å²) in [6.45, 7) is 1.86. The van der Waals surface area contributed by atoms with Crippen molar-refractivity contribution in [3.8, 4) is 0 Å². The summed E-state index contributed by atoms with van der Waals surface area (Å²) in [5.74, 6) is 0.00286. The molecule has 0 saturated carbocycles. The number of carbonyl (C=O) groups is 1. The molecule has 0 atom stereocenters. The van der Waals surface area contributed by atoms with Gasteiger partial charge >= 0.3 is 0 Å². The van der Waals surface area contributed by atoms with E-state index in [2.05, 4.69) is 20.0 Å². The van der Waals surface area contributed by atoms with Crippen LogP contribution in [0.2, 0.25) is 0 Å². The Morgan fingerprint density at radius 2 is 1.81 bits per heavy atom. The number of anilines is 2. The number of amides is 1. The standard InChI is InChI=1S/C18H14N4O3S2/c1-11-10-26-18(19-11)21-17(23)12-6-8-13(9-7-12)20-16-14-4-2-3-5-15(14)27(24,25)22-16/h2-10H,1H3,(H,20,22)(H,19,21,23). The third-order valence-electron chi connectivity index (χ3n) is 3.88. The van der Waals surface area contributed by atoms with E-state index in [0.717, 1.165) is 5.69 Å². The lowest BCUT2D eigenvalue weighted by Gasteiger charge is -2.07. The molecule has 9 heteroatoms. The first-order valence-electron chi connectivity index (χ1n) is 7.97. The number of carbonyl (C=O) groups excluding carboxylic acids is 1. The van der Waals surface area contributed by atoms with Crippen molar-refractivity contribution in [2.45, 2.75) is 11.8 Å². The van der Waals surface area contributed by atoms with Gasteiger partial charge in [0.15, 0.2) is 11.0 Å². The molecule has 3 aromatic rings. The fourth-order valence-electron chi connectivity index (χ4n) is 2.62. The quantitative estimate of drug-likeness (QED) is 0.705. The maximum atomic E-state index is 12.3. The number of rotatable bonds is 3. The Bertz CT molecular complexity index is 1170. The lowest BCUT2D eigenvalue weighted by Crippen LogP contribution is -2.13. The first-order chi connectivity index (χ1) is 12.9. The molecule has 1 amide bonds. The van der Waals surface area contributed by atoms with Gasteiger partial charge in [-0.1, -0.05) is 12.1 Å². The van der Waals surface area contributed by atoms with E-state index >= 15 is 0 Å². The van der Waals surface area contributed by atoms with E-state index in [9.17, 15) is 13.2 Å². The van der Waals surface area contributed by atoms with E-state index in [4.69, 9.17) is 0 Å². The van der Waals surface area contributed by atoms with Crippen LogP contribution in [0, 0.1) is 6.92 Å². The van der Waals surface area contributed by atoms with Crippen LogP contribution in [0.4, 0.5) is 10.8 Å². The van der Waals surface area contributed by atoms with Gasteiger partial charge in [-0.15, -0.1) is 15.7 Å². The predicted molar refractivity (Wildman–Crippen MR) is 105 cm³/mol. The molecule has 0 unspecified atom stereocenters. The number of amidine groups is 1. The van der Waals surface area contributed by atoms with Gasteiger partial charge < -0.3 is 5.32 Å². The van der Waals surface area contributed by atoms with Gasteiger partial charge in [0.05, 0.1) is 5.69 Å². The Balaban J connectivity index is 1.51. The largest absolute Gasteiger partial charge is 0.339 e. The molecule has 4 rings (SSSR count). The molecular weight excluding hydrogens is 384 g/mol. The second kappa shape index (κ2) is 6.60. The first kappa shape index (κ1) is 17.4. The molecule has 0 aliphatic carbocycles. The van der Waals surface area contributed by atoms with Crippen molar-refractivity contribution in [2.75, 3.05) is 10.6 Å². The average Bonchev–Trinajstić information content (AvgIpc) is 3.16. The molecule has 7 nitrogen and oxygen atoms in total. The van der Waals surface area contributed by atoms with Crippen LogP contribution in [0.25, 0.3) is 0 Å². The molecule has 0 saturated heterocycles. The molecule has 2 aromatic carbocycles. The highest BCUT2D eigenvalue weighted by Gasteiger charge is 2.28. The fraction of sp³-hybridized carbons (Fsp3) is 0.0556. The molecule has 0 bridgehead atoms. The number of hydrogen-bond acceptors (Lipinski definition) is 6. The van der Waals surface area contributed by atoms with E-state index in [1.54, 1.807) is 42.5 Å². The lowest BCUT2D eigenvalue weighted by atomic mass is 10.1. The minimum Gasteiger partial charge on any atom is -0.339 e. The predicted octanol–water partition coefficient (Wildman–Crippen LogP) is 3.26. The summed E-state index contributed by atoms with van der Waals surface area (Å²) in [7, 11) is -3.67. The molecule has 2 heterocycles. The average molecular weight is 398 g/mol. The number of nitrogens with one attached hydrogen (secondary N) is 2. The molecule has 2 N–H and O–H groups in total. The van der Waals surface area contributed by atoms with E-state index in [0.29, 0.717) is 21.9 Å². The fourth-order valence-corrected chi connectivity index (χ4v) is 4.48. The molecule has 1 aromatic heterocycles. The van der Waals surface area contributed by atoms with Crippen LogP contribution in [0.15, 0.2) is 63.2 Å². The Kier molecular flexibility index (Phi) is 4.25. The third kappa shape index (κ3) is 3.46. The monoisotopic (exact) mass is 398 g/mol. The van der Waals surface area contributed by atoms with Crippen molar-refractivity contribution >= 4 is 43.9 Å². The van der Waals surface area contributed by atoms with Crippen molar-refractivity contribution in [1.82, 2.24) is 4.98 Å². The maximum Gasteiger partial charge on any atom is 0.285 e. The third-order valence-corrected chi connectivity index (χ3v) is 6.09. The number of nitrogens with zero attached hydrogens (tertiary/aromatic N) is 2. The summed E-state index contributed by atoms with van der Waals surface area (Å²) in [5, 5.41) is 8.14. The van der Waals surface area contributed by atoms with Crippen LogP contribution < -0.4 is 10.6 Å². The summed E-state index contributed by atoms with van der Waals surface area (Å²) >= 11 is 1.36. The van der Waals surface area contributed by atoms with Gasteiger partial charge in [-0.3, -0.25) is 10.1 Å². The van der Waals surface area contributed by atoms with Gasteiger partial charge in [-0.05, 0) is 43.3 Å². The summed E-state index contributed by atoms with van der Waals surface area (Å²) in [4.78, 5) is 16.6. The minimum absolute atomic E-state index is 0.183. The van der Waals surface area contributed by atoms with Gasteiger partial charge in [0.1, 0.15) is 4.90 Å². The van der Waals surface area contributed by atoms with Gasteiger partial charge in [0.25, 0.3) is 15.9 Å². The number of hydrogen-bond donors (Lipinski definition) is 2. The number of benzene rings is 2. The highest BCUT2D eigenvalue weighted by molar-refractivity contribution is 7.90. The molecular formula is C18H14N4O3S2. The molecule has 1 aliphatic heterocycles. The second-order valence-corrected chi connectivity index (χ2v) is 8.29. The Labute approximate surface area is 159 Å². The highest BCUT2D eigenvalue weighted by atomic mass is 32.2. The van der Waals surface area contributed by atoms with Crippen molar-refractivity contribution in [3.63, 3.8) is 0 Å². The minimum atomic E-state index is -3.67. The van der Waals surface area contributed by atoms with Crippen LogP contribution in [0.1, 0.15) is 21.6 Å². The van der Waals surface area contributed by atoms with Crippen molar-refractivity contribution in [1.29, 1.82) is 0 Å². The van der Waals surface area contributed by atoms with Crippen molar-refractivity contribution in [2.24, 2.45) is 4.40 Å². The molecule has 0 radical (unpaired) electrons. The summed E-state index contributed by atoms with van der Waals surface area (Å²) in [6, 6.07) is 13.3. The summed E-state index contributed by atoms with van der Waals surface area (Å²) in [6.07, 6.45) is 0. The van der Waals surface area contributed by atoms with Gasteiger partial charge in [-0.2, -0.15) is 8.42 Å². The Morgan fingerprint density at radius 3 is 2.52 bits per heavy atom. The summed E-state index contributed by atoms with van der Waals surface area (Å²) < 4.78 is 28.0. The molecule has 1 aliphatic rings. The normalized spacial score (nSPS) is 14.3. The number of sulfonamides is 1. The van der Waals surface area contributed by atoms with Gasteiger partial charge in [0, 0.05) is 22.2 Å². The van der Waals surface area contributed by atoms with E-state index < -0.39 is 10.0 Å². The van der Waals surface area contributed by atoms with Crippen LogP contribution in [-0.4, -0.2) is 25.1 Å². The molecule has 0 fully saturated rings. The number of fused-ring (bicyclic) bond motifs is 1. The smallest absolute Gasteiger partial charge is 0.285 e. The molecule has 27 heavy (non-hydrogen) atoms. The first-order valence-corrected chi connectivity index (χ1v) is 10.3. The van der Waals surface area contributed by atoms with Crippen LogP contribution in [-0.2, 0) is 10.0 Å². The zero-order valence-corrected chi connectivity index (χ0v) is 15.8. The number of aryl methyl sites for hydroxylation is 1.